The third kappa shape index (κ3) is 4.47. The average Bonchev–Trinajstić information content (AvgIpc) is 2.40. The average molecular weight is 453 g/mol. The molecule has 0 aliphatic heterocycles. The van der Waals surface area contributed by atoms with Crippen LogP contribution < -0.4 is 0 Å². The van der Waals surface area contributed by atoms with Crippen LogP contribution in [0.3, 0.4) is 0 Å². The molecule has 27 heavy (non-hydrogen) atoms. The molecule has 0 heterocycles. The van der Waals surface area contributed by atoms with Crippen molar-refractivity contribution < 1.29 is 71.1 Å². The van der Waals surface area contributed by atoms with E-state index in [1.54, 1.807) is 4.99 Å². The van der Waals surface area contributed by atoms with Gasteiger partial charge in [0.1, 0.15) is 0 Å². The predicted molar refractivity (Wildman–Crippen MR) is 56.4 cm³/mol. The van der Waals surface area contributed by atoms with Crippen molar-refractivity contribution >= 4 is 23.6 Å². The van der Waals surface area contributed by atoms with Crippen molar-refractivity contribution in [3.05, 3.63) is 0 Å². The van der Waals surface area contributed by atoms with Crippen LogP contribution in [0.1, 0.15) is 0 Å². The fraction of sp³-hybridized carbons (Fsp3) is 0.778. The Labute approximate surface area is 141 Å². The largest absolute Gasteiger partial charge is 0.441 e. The molecule has 0 spiro atoms. The molecule has 0 N–H and O–H groups in total. The summed E-state index contributed by atoms with van der Waals surface area (Å²) in [6, 6.07) is 0. The fourth-order valence-electron chi connectivity index (χ4n) is 1.24. The van der Waals surface area contributed by atoms with Gasteiger partial charge in [0.15, 0.2) is 5.37 Å². The zero-order valence-corrected chi connectivity index (χ0v) is 12.4. The van der Waals surface area contributed by atoms with Crippen LogP contribution in [0.25, 0.3) is 0 Å². The standard InChI is InChI=1S/C9HF14NO2S/c10-4(6(12,13)14,7(15,16)17)2(26)3(24-1-25)27-5(11,8(18,19)20)9(21,22)23/h3H. The second-order valence-electron chi connectivity index (χ2n) is 4.30. The van der Waals surface area contributed by atoms with E-state index in [1.165, 1.54) is 0 Å². The lowest BCUT2D eigenvalue weighted by Crippen LogP contribution is -2.62. The monoisotopic (exact) mass is 453 g/mol. The summed E-state index contributed by atoms with van der Waals surface area (Å²) in [5, 5.41) is -11.1. The van der Waals surface area contributed by atoms with Crippen LogP contribution in [0.4, 0.5) is 61.5 Å². The summed E-state index contributed by atoms with van der Waals surface area (Å²) in [5.41, 5.74) is -7.06. The molecule has 0 rings (SSSR count). The van der Waals surface area contributed by atoms with Gasteiger partial charge in [-0.15, -0.1) is 0 Å². The van der Waals surface area contributed by atoms with E-state index in [0.29, 0.717) is 0 Å². The number of Topliss-reactive ketones (excluding diaryl/α,β-unsaturated/α-hetero) is 1. The number of thioether (sulfide) groups is 1. The third-order valence-corrected chi connectivity index (χ3v) is 3.85. The normalized spacial score (nSPS) is 15.9. The number of rotatable bonds is 5. The van der Waals surface area contributed by atoms with Crippen LogP contribution in [0.5, 0.6) is 0 Å². The molecule has 1 atom stereocenters. The van der Waals surface area contributed by atoms with Crippen LogP contribution in [0, 0.1) is 0 Å². The van der Waals surface area contributed by atoms with E-state index < -0.39 is 58.3 Å². The second-order valence-corrected chi connectivity index (χ2v) is 5.54. The lowest BCUT2D eigenvalue weighted by atomic mass is 9.99. The minimum atomic E-state index is -7.25. The number of carbonyl (C=O) groups is 1. The smallest absolute Gasteiger partial charge is 0.292 e. The van der Waals surface area contributed by atoms with Crippen molar-refractivity contribution in [1.82, 2.24) is 0 Å². The molecule has 0 aliphatic rings. The van der Waals surface area contributed by atoms with E-state index in [2.05, 4.69) is 0 Å². The van der Waals surface area contributed by atoms with Crippen LogP contribution in [0.2, 0.25) is 0 Å². The van der Waals surface area contributed by atoms with Gasteiger partial charge < -0.3 is 0 Å². The SMILES string of the molecule is O=C=NC(SC(F)(C(F)(F)F)C(F)(F)F)C(=O)C(F)(C(F)(F)F)C(F)(F)F. The molecule has 0 saturated heterocycles. The summed E-state index contributed by atoms with van der Waals surface area (Å²) < 4.78 is 175. The zero-order valence-electron chi connectivity index (χ0n) is 11.5. The highest BCUT2D eigenvalue weighted by molar-refractivity contribution is 8.01. The van der Waals surface area contributed by atoms with E-state index in [1.807, 2.05) is 0 Å². The molecule has 18 heteroatoms. The van der Waals surface area contributed by atoms with Gasteiger partial charge in [0.25, 0.3) is 0 Å². The number of carbonyl (C=O) groups excluding carboxylic acids is 2. The van der Waals surface area contributed by atoms with Crippen molar-refractivity contribution in [2.45, 2.75) is 40.7 Å². The van der Waals surface area contributed by atoms with Gasteiger partial charge in [-0.25, -0.2) is 13.6 Å². The van der Waals surface area contributed by atoms with Crippen LogP contribution in [-0.2, 0) is 9.59 Å². The highest BCUT2D eigenvalue weighted by atomic mass is 32.2. The predicted octanol–water partition coefficient (Wildman–Crippen LogP) is 4.57. The Morgan fingerprint density at radius 3 is 1.26 bits per heavy atom. The maximum Gasteiger partial charge on any atom is 0.441 e. The number of aliphatic imine (C=N–C) groups is 1. The van der Waals surface area contributed by atoms with Gasteiger partial charge in [0.05, 0.1) is 0 Å². The summed E-state index contributed by atoms with van der Waals surface area (Å²) in [6.07, 6.45) is -28.8. The molecule has 0 fully saturated rings. The number of nitrogens with zero attached hydrogens (tertiary/aromatic N) is 1. The summed E-state index contributed by atoms with van der Waals surface area (Å²) in [7, 11) is 0. The van der Waals surface area contributed by atoms with Gasteiger partial charge in [-0.1, -0.05) is 11.8 Å². The maximum absolute atomic E-state index is 13.5. The summed E-state index contributed by atoms with van der Waals surface area (Å²) in [4.78, 5) is 22.6. The third-order valence-electron chi connectivity index (χ3n) is 2.52. The molecule has 0 saturated carbocycles. The van der Waals surface area contributed by atoms with E-state index in [0.717, 1.165) is 0 Å². The molecular weight excluding hydrogens is 452 g/mol. The first-order chi connectivity index (χ1) is 11.6. The van der Waals surface area contributed by atoms with Gasteiger partial charge in [0, 0.05) is 0 Å². The minimum Gasteiger partial charge on any atom is -0.292 e. The van der Waals surface area contributed by atoms with E-state index in [4.69, 9.17) is 0 Å². The second kappa shape index (κ2) is 7.10. The first kappa shape index (κ1) is 25.4. The Morgan fingerprint density at radius 1 is 0.704 bits per heavy atom. The Hall–Kier alpha value is -1.58. The Kier molecular flexibility index (Phi) is 6.69. The van der Waals surface area contributed by atoms with Gasteiger partial charge in [0.2, 0.25) is 11.9 Å². The summed E-state index contributed by atoms with van der Waals surface area (Å²) in [6.45, 7) is 0. The number of ketones is 1. The first-order valence-corrected chi connectivity index (χ1v) is 6.39. The van der Waals surface area contributed by atoms with Crippen molar-refractivity contribution in [3.63, 3.8) is 0 Å². The Morgan fingerprint density at radius 2 is 1.04 bits per heavy atom. The lowest BCUT2D eigenvalue weighted by molar-refractivity contribution is -0.325. The molecule has 0 bridgehead atoms. The Bertz CT molecular complexity index is 582. The number of hydrogen-bond acceptors (Lipinski definition) is 4. The molecule has 0 aromatic carbocycles. The van der Waals surface area contributed by atoms with Crippen molar-refractivity contribution in [1.29, 1.82) is 0 Å². The van der Waals surface area contributed by atoms with Gasteiger partial charge >= 0.3 is 35.4 Å². The van der Waals surface area contributed by atoms with Crippen molar-refractivity contribution in [3.8, 4) is 0 Å². The van der Waals surface area contributed by atoms with Gasteiger partial charge in [-0.2, -0.15) is 57.7 Å². The van der Waals surface area contributed by atoms with Crippen molar-refractivity contribution in [2.75, 3.05) is 0 Å². The number of halogens is 14. The topological polar surface area (TPSA) is 46.5 Å². The molecule has 0 amide bonds. The highest BCUT2D eigenvalue weighted by Gasteiger charge is 2.80. The van der Waals surface area contributed by atoms with Crippen LogP contribution in [0.15, 0.2) is 4.99 Å². The quantitative estimate of drug-likeness (QED) is 0.348. The first-order valence-electron chi connectivity index (χ1n) is 5.51. The number of alkyl halides is 14. The molecule has 3 nitrogen and oxygen atoms in total. The molecular formula is C9HF14NO2S. The van der Waals surface area contributed by atoms with E-state index >= 15 is 0 Å². The molecule has 158 valence electrons. The molecule has 0 aromatic rings. The lowest BCUT2D eigenvalue weighted by Gasteiger charge is -2.33. The van der Waals surface area contributed by atoms with E-state index in [-0.39, 0.29) is 6.08 Å². The van der Waals surface area contributed by atoms with Crippen LogP contribution in [-0.4, -0.2) is 52.6 Å². The van der Waals surface area contributed by atoms with E-state index in [9.17, 15) is 71.1 Å². The number of hydrogen-bond donors (Lipinski definition) is 0. The highest BCUT2D eigenvalue weighted by Crippen LogP contribution is 2.56. The molecule has 0 aromatic heterocycles. The summed E-state index contributed by atoms with van der Waals surface area (Å²) >= 11 is -2.64. The molecule has 1 unspecified atom stereocenters. The van der Waals surface area contributed by atoms with Crippen LogP contribution >= 0.6 is 11.8 Å². The number of isocyanates is 1. The minimum absolute atomic E-state index is 0.120. The van der Waals surface area contributed by atoms with Crippen molar-refractivity contribution in [2.24, 2.45) is 4.99 Å². The Balaban J connectivity index is 6.51. The summed E-state index contributed by atoms with van der Waals surface area (Å²) in [5.74, 6) is -4.15. The fourth-order valence-corrected chi connectivity index (χ4v) is 2.18. The van der Waals surface area contributed by atoms with Gasteiger partial charge in [-0.05, 0) is 0 Å². The molecule has 0 aliphatic carbocycles. The van der Waals surface area contributed by atoms with Gasteiger partial charge in [-0.3, -0.25) is 4.79 Å². The maximum atomic E-state index is 13.5. The zero-order chi connectivity index (χ0) is 22.3. The molecule has 0 radical (unpaired) electrons.